The van der Waals surface area contributed by atoms with Gasteiger partial charge in [-0.2, -0.15) is 5.10 Å². The Bertz CT molecular complexity index is 569. The first-order valence-electron chi connectivity index (χ1n) is 6.57. The molecule has 0 unspecified atom stereocenters. The fourth-order valence-electron chi connectivity index (χ4n) is 2.81. The molecule has 94 valence electrons. The summed E-state index contributed by atoms with van der Waals surface area (Å²) in [5.74, 6) is 0. The van der Waals surface area contributed by atoms with E-state index in [9.17, 15) is 0 Å². The van der Waals surface area contributed by atoms with Gasteiger partial charge in [-0.3, -0.25) is 4.68 Å². The van der Waals surface area contributed by atoms with E-state index in [-0.39, 0.29) is 0 Å². The second kappa shape index (κ2) is 4.58. The van der Waals surface area contributed by atoms with Crippen LogP contribution in [0.1, 0.15) is 23.2 Å². The monoisotopic (exact) mass is 241 g/mol. The SMILES string of the molecule is CNCc1nn(C)cc1-c1ccc2c(c1)CCC2. The lowest BCUT2D eigenvalue weighted by molar-refractivity contribution is 0.712. The van der Waals surface area contributed by atoms with Crippen molar-refractivity contribution in [2.75, 3.05) is 7.05 Å². The van der Waals surface area contributed by atoms with Crippen molar-refractivity contribution in [3.05, 3.63) is 41.2 Å². The molecule has 1 aromatic carbocycles. The number of hydrogen-bond acceptors (Lipinski definition) is 2. The molecule has 0 saturated heterocycles. The summed E-state index contributed by atoms with van der Waals surface area (Å²) >= 11 is 0. The van der Waals surface area contributed by atoms with E-state index in [1.807, 2.05) is 18.8 Å². The number of nitrogens with zero attached hydrogens (tertiary/aromatic N) is 2. The van der Waals surface area contributed by atoms with Crippen molar-refractivity contribution in [3.8, 4) is 11.1 Å². The third-order valence-corrected chi connectivity index (χ3v) is 3.66. The molecule has 0 amide bonds. The summed E-state index contributed by atoms with van der Waals surface area (Å²) in [6, 6.07) is 6.87. The Hall–Kier alpha value is -1.61. The summed E-state index contributed by atoms with van der Waals surface area (Å²) in [6.07, 6.45) is 5.88. The maximum absolute atomic E-state index is 4.52. The van der Waals surface area contributed by atoms with Gasteiger partial charge in [-0.1, -0.05) is 18.2 Å². The standard InChI is InChI=1S/C15H19N3/c1-16-9-15-14(10-18(2)17-15)13-7-6-11-4-3-5-12(11)8-13/h6-8,10,16H,3-5,9H2,1-2H3. The zero-order valence-corrected chi connectivity index (χ0v) is 11.0. The van der Waals surface area contributed by atoms with E-state index in [4.69, 9.17) is 0 Å². The van der Waals surface area contributed by atoms with Crippen LogP contribution in [0.15, 0.2) is 24.4 Å². The molecule has 0 bridgehead atoms. The number of aromatic nitrogens is 2. The van der Waals surface area contributed by atoms with Crippen molar-refractivity contribution in [1.82, 2.24) is 15.1 Å². The molecule has 2 aromatic rings. The number of fused-ring (bicyclic) bond motifs is 1. The molecule has 3 nitrogen and oxygen atoms in total. The van der Waals surface area contributed by atoms with Crippen molar-refractivity contribution >= 4 is 0 Å². The molecule has 3 rings (SSSR count). The lowest BCUT2D eigenvalue weighted by Gasteiger charge is -2.05. The summed E-state index contributed by atoms with van der Waals surface area (Å²) in [4.78, 5) is 0. The van der Waals surface area contributed by atoms with Gasteiger partial charge in [0, 0.05) is 25.4 Å². The highest BCUT2D eigenvalue weighted by atomic mass is 15.3. The van der Waals surface area contributed by atoms with Crippen LogP contribution in [-0.4, -0.2) is 16.8 Å². The number of aryl methyl sites for hydroxylation is 3. The minimum Gasteiger partial charge on any atom is -0.314 e. The topological polar surface area (TPSA) is 29.9 Å². The Morgan fingerprint density at radius 1 is 1.28 bits per heavy atom. The van der Waals surface area contributed by atoms with Crippen LogP contribution in [0.25, 0.3) is 11.1 Å². The molecule has 1 aliphatic carbocycles. The highest BCUT2D eigenvalue weighted by Crippen LogP contribution is 2.29. The molecule has 1 heterocycles. The summed E-state index contributed by atoms with van der Waals surface area (Å²) in [5.41, 5.74) is 6.72. The Balaban J connectivity index is 2.03. The zero-order valence-electron chi connectivity index (χ0n) is 11.0. The third kappa shape index (κ3) is 1.95. The van der Waals surface area contributed by atoms with Crippen LogP contribution in [-0.2, 0) is 26.4 Å². The van der Waals surface area contributed by atoms with Gasteiger partial charge in [-0.15, -0.1) is 0 Å². The van der Waals surface area contributed by atoms with Crippen LogP contribution in [0.4, 0.5) is 0 Å². The van der Waals surface area contributed by atoms with E-state index in [0.717, 1.165) is 12.2 Å². The van der Waals surface area contributed by atoms with Gasteiger partial charge < -0.3 is 5.32 Å². The van der Waals surface area contributed by atoms with Gasteiger partial charge in [0.2, 0.25) is 0 Å². The fourth-order valence-corrected chi connectivity index (χ4v) is 2.81. The van der Waals surface area contributed by atoms with E-state index in [1.165, 1.54) is 41.5 Å². The molecule has 0 saturated carbocycles. The summed E-state index contributed by atoms with van der Waals surface area (Å²) in [7, 11) is 3.94. The lowest BCUT2D eigenvalue weighted by Crippen LogP contribution is -2.07. The average molecular weight is 241 g/mol. The average Bonchev–Trinajstić information content (AvgIpc) is 2.95. The molecule has 1 N–H and O–H groups in total. The first-order chi connectivity index (χ1) is 8.78. The molecule has 0 atom stereocenters. The van der Waals surface area contributed by atoms with Crippen molar-refractivity contribution in [3.63, 3.8) is 0 Å². The molecule has 0 fully saturated rings. The Morgan fingerprint density at radius 2 is 2.11 bits per heavy atom. The van der Waals surface area contributed by atoms with E-state index >= 15 is 0 Å². The highest BCUT2D eigenvalue weighted by molar-refractivity contribution is 5.67. The fraction of sp³-hybridized carbons (Fsp3) is 0.400. The van der Waals surface area contributed by atoms with Crippen LogP contribution >= 0.6 is 0 Å². The predicted octanol–water partition coefficient (Wildman–Crippen LogP) is 2.30. The normalized spacial score (nSPS) is 13.9. The summed E-state index contributed by atoms with van der Waals surface area (Å²) in [5, 5.41) is 7.71. The molecule has 0 radical (unpaired) electrons. The third-order valence-electron chi connectivity index (χ3n) is 3.66. The first-order valence-corrected chi connectivity index (χ1v) is 6.57. The van der Waals surface area contributed by atoms with E-state index < -0.39 is 0 Å². The molecular weight excluding hydrogens is 222 g/mol. The Morgan fingerprint density at radius 3 is 2.94 bits per heavy atom. The Kier molecular flexibility index (Phi) is 2.92. The molecule has 3 heteroatoms. The maximum atomic E-state index is 4.52. The number of rotatable bonds is 3. The zero-order chi connectivity index (χ0) is 12.5. The molecule has 0 spiro atoms. The van der Waals surface area contributed by atoms with Gasteiger partial charge in [-0.05, 0) is 43.0 Å². The van der Waals surface area contributed by atoms with Crippen LogP contribution < -0.4 is 5.32 Å². The van der Waals surface area contributed by atoms with E-state index in [2.05, 4.69) is 34.8 Å². The molecule has 18 heavy (non-hydrogen) atoms. The second-order valence-electron chi connectivity index (χ2n) is 5.03. The van der Waals surface area contributed by atoms with Crippen LogP contribution in [0.5, 0.6) is 0 Å². The van der Waals surface area contributed by atoms with Gasteiger partial charge >= 0.3 is 0 Å². The van der Waals surface area contributed by atoms with Gasteiger partial charge in [0.05, 0.1) is 5.69 Å². The second-order valence-corrected chi connectivity index (χ2v) is 5.03. The van der Waals surface area contributed by atoms with Gasteiger partial charge in [0.25, 0.3) is 0 Å². The van der Waals surface area contributed by atoms with Gasteiger partial charge in [-0.25, -0.2) is 0 Å². The van der Waals surface area contributed by atoms with Gasteiger partial charge in [0.15, 0.2) is 0 Å². The molecule has 0 aliphatic heterocycles. The van der Waals surface area contributed by atoms with Crippen molar-refractivity contribution in [1.29, 1.82) is 0 Å². The minimum atomic E-state index is 0.813. The molecular formula is C15H19N3. The summed E-state index contributed by atoms with van der Waals surface area (Å²) < 4.78 is 1.90. The van der Waals surface area contributed by atoms with E-state index in [1.54, 1.807) is 0 Å². The van der Waals surface area contributed by atoms with Gasteiger partial charge in [0.1, 0.15) is 0 Å². The van der Waals surface area contributed by atoms with Crippen molar-refractivity contribution < 1.29 is 0 Å². The molecule has 1 aliphatic rings. The minimum absolute atomic E-state index is 0.813. The first kappa shape index (κ1) is 11.5. The van der Waals surface area contributed by atoms with Crippen molar-refractivity contribution in [2.45, 2.75) is 25.8 Å². The summed E-state index contributed by atoms with van der Waals surface area (Å²) in [6.45, 7) is 0.813. The van der Waals surface area contributed by atoms with Crippen LogP contribution in [0.2, 0.25) is 0 Å². The van der Waals surface area contributed by atoms with E-state index in [0.29, 0.717) is 0 Å². The van der Waals surface area contributed by atoms with Crippen LogP contribution in [0.3, 0.4) is 0 Å². The smallest absolute Gasteiger partial charge is 0.0840 e. The lowest BCUT2D eigenvalue weighted by atomic mass is 10.0. The highest BCUT2D eigenvalue weighted by Gasteiger charge is 2.14. The number of hydrogen-bond donors (Lipinski definition) is 1. The predicted molar refractivity (Wildman–Crippen MR) is 73.4 cm³/mol. The maximum Gasteiger partial charge on any atom is 0.0840 e. The largest absolute Gasteiger partial charge is 0.314 e. The molecule has 1 aromatic heterocycles. The quantitative estimate of drug-likeness (QED) is 0.893. The number of benzene rings is 1. The van der Waals surface area contributed by atoms with Crippen LogP contribution in [0, 0.1) is 0 Å². The Labute approximate surface area is 108 Å². The number of nitrogens with one attached hydrogen (secondary N) is 1. The van der Waals surface area contributed by atoms with Crippen molar-refractivity contribution in [2.24, 2.45) is 7.05 Å².